The SMILES string of the molecule is COc1ccc([C@H]2CN=N[C@@]23Cc2ccccc2C3=O)cc1. The number of carbonyl (C=O) groups excluding carboxylic acids is 1. The van der Waals surface area contributed by atoms with Crippen molar-refractivity contribution < 1.29 is 9.53 Å². The molecule has 0 amide bonds. The fourth-order valence-corrected chi connectivity index (χ4v) is 3.55. The molecule has 2 aromatic carbocycles. The normalized spacial score (nSPS) is 25.7. The molecule has 110 valence electrons. The van der Waals surface area contributed by atoms with Crippen LogP contribution in [0.15, 0.2) is 58.8 Å². The molecule has 1 spiro atoms. The summed E-state index contributed by atoms with van der Waals surface area (Å²) in [6, 6.07) is 15.7. The predicted octanol–water partition coefficient (Wildman–Crippen LogP) is 3.42. The van der Waals surface area contributed by atoms with E-state index in [0.29, 0.717) is 13.0 Å². The lowest BCUT2D eigenvalue weighted by molar-refractivity contribution is 0.0897. The van der Waals surface area contributed by atoms with Crippen LogP contribution < -0.4 is 4.74 Å². The highest BCUT2D eigenvalue weighted by Crippen LogP contribution is 2.46. The number of ketones is 1. The second kappa shape index (κ2) is 4.77. The molecule has 4 rings (SSSR count). The largest absolute Gasteiger partial charge is 0.497 e. The quantitative estimate of drug-likeness (QED) is 0.851. The Morgan fingerprint density at radius 3 is 2.64 bits per heavy atom. The van der Waals surface area contributed by atoms with Crippen molar-refractivity contribution in [3.8, 4) is 5.75 Å². The van der Waals surface area contributed by atoms with E-state index in [1.54, 1.807) is 7.11 Å². The molecule has 1 heterocycles. The summed E-state index contributed by atoms with van der Waals surface area (Å²) in [5.41, 5.74) is 2.21. The number of nitrogens with zero attached hydrogens (tertiary/aromatic N) is 2. The first kappa shape index (κ1) is 13.2. The Morgan fingerprint density at radius 2 is 1.91 bits per heavy atom. The van der Waals surface area contributed by atoms with Crippen molar-refractivity contribution in [3.05, 3.63) is 65.2 Å². The number of hydrogen-bond donors (Lipinski definition) is 0. The first-order valence-electron chi connectivity index (χ1n) is 7.40. The summed E-state index contributed by atoms with van der Waals surface area (Å²) < 4.78 is 5.21. The first-order chi connectivity index (χ1) is 10.7. The van der Waals surface area contributed by atoms with Crippen LogP contribution in [-0.4, -0.2) is 25.0 Å². The molecule has 1 aliphatic carbocycles. The van der Waals surface area contributed by atoms with Gasteiger partial charge in [-0.05, 0) is 23.3 Å². The lowest BCUT2D eigenvalue weighted by atomic mass is 9.78. The van der Waals surface area contributed by atoms with Crippen LogP contribution in [0.25, 0.3) is 0 Å². The fourth-order valence-electron chi connectivity index (χ4n) is 3.55. The summed E-state index contributed by atoms with van der Waals surface area (Å²) >= 11 is 0. The number of ether oxygens (including phenoxy) is 1. The number of Topliss-reactive ketones (excluding diaryl/α,β-unsaturated/α-hetero) is 1. The third kappa shape index (κ3) is 1.73. The van der Waals surface area contributed by atoms with E-state index in [1.165, 1.54) is 0 Å². The van der Waals surface area contributed by atoms with Gasteiger partial charge in [-0.2, -0.15) is 10.2 Å². The number of rotatable bonds is 2. The lowest BCUT2D eigenvalue weighted by Gasteiger charge is -2.25. The smallest absolute Gasteiger partial charge is 0.193 e. The molecule has 2 atom stereocenters. The molecule has 2 aromatic rings. The number of carbonyl (C=O) groups is 1. The summed E-state index contributed by atoms with van der Waals surface area (Å²) in [4.78, 5) is 12.9. The van der Waals surface area contributed by atoms with Crippen molar-refractivity contribution in [2.24, 2.45) is 10.2 Å². The molecule has 4 heteroatoms. The van der Waals surface area contributed by atoms with Crippen LogP contribution in [0.3, 0.4) is 0 Å². The zero-order valence-electron chi connectivity index (χ0n) is 12.3. The van der Waals surface area contributed by atoms with Crippen molar-refractivity contribution in [2.45, 2.75) is 17.9 Å². The van der Waals surface area contributed by atoms with Gasteiger partial charge in [-0.3, -0.25) is 4.79 Å². The maximum Gasteiger partial charge on any atom is 0.193 e. The van der Waals surface area contributed by atoms with E-state index in [0.717, 1.165) is 22.4 Å². The van der Waals surface area contributed by atoms with Gasteiger partial charge >= 0.3 is 0 Å². The maximum absolute atomic E-state index is 12.9. The minimum absolute atomic E-state index is 0.00157. The van der Waals surface area contributed by atoms with Crippen LogP contribution in [0.4, 0.5) is 0 Å². The van der Waals surface area contributed by atoms with E-state index in [4.69, 9.17) is 4.74 Å². The van der Waals surface area contributed by atoms with Gasteiger partial charge in [0.25, 0.3) is 0 Å². The van der Waals surface area contributed by atoms with Gasteiger partial charge in [0.2, 0.25) is 0 Å². The Balaban J connectivity index is 1.75. The van der Waals surface area contributed by atoms with Gasteiger partial charge in [-0.25, -0.2) is 0 Å². The number of azo groups is 1. The minimum atomic E-state index is -0.752. The number of fused-ring (bicyclic) bond motifs is 1. The molecule has 0 radical (unpaired) electrons. The third-order valence-electron chi connectivity index (χ3n) is 4.72. The van der Waals surface area contributed by atoms with E-state index in [2.05, 4.69) is 10.2 Å². The molecule has 0 aromatic heterocycles. The summed E-state index contributed by atoms with van der Waals surface area (Å²) in [6.45, 7) is 0.562. The van der Waals surface area contributed by atoms with Crippen molar-refractivity contribution in [1.82, 2.24) is 0 Å². The molecule has 0 N–H and O–H groups in total. The maximum atomic E-state index is 12.9. The van der Waals surface area contributed by atoms with Gasteiger partial charge in [-0.1, -0.05) is 36.4 Å². The van der Waals surface area contributed by atoms with E-state index >= 15 is 0 Å². The Labute approximate surface area is 128 Å². The summed E-state index contributed by atoms with van der Waals surface area (Å²) in [5, 5.41) is 8.63. The molecule has 4 nitrogen and oxygen atoms in total. The number of benzene rings is 2. The van der Waals surface area contributed by atoms with E-state index in [9.17, 15) is 4.79 Å². The summed E-state index contributed by atoms with van der Waals surface area (Å²) in [5.74, 6) is 0.911. The van der Waals surface area contributed by atoms with E-state index in [1.807, 2.05) is 48.5 Å². The Bertz CT molecular complexity index is 767. The lowest BCUT2D eigenvalue weighted by Crippen LogP contribution is -2.38. The molecule has 0 bridgehead atoms. The average Bonchev–Trinajstić information content (AvgIpc) is 3.11. The molecule has 0 unspecified atom stereocenters. The summed E-state index contributed by atoms with van der Waals surface area (Å²) in [6.07, 6.45) is 0.641. The van der Waals surface area contributed by atoms with E-state index in [-0.39, 0.29) is 11.7 Å². The Kier molecular flexibility index (Phi) is 2.86. The van der Waals surface area contributed by atoms with Gasteiger partial charge in [0.05, 0.1) is 13.7 Å². The average molecular weight is 292 g/mol. The van der Waals surface area contributed by atoms with Gasteiger partial charge in [0.1, 0.15) is 5.75 Å². The molecule has 1 aliphatic heterocycles. The second-order valence-electron chi connectivity index (χ2n) is 5.84. The minimum Gasteiger partial charge on any atom is -0.497 e. The highest BCUT2D eigenvalue weighted by Gasteiger charge is 2.54. The van der Waals surface area contributed by atoms with Crippen molar-refractivity contribution in [2.75, 3.05) is 13.7 Å². The van der Waals surface area contributed by atoms with Crippen molar-refractivity contribution >= 4 is 5.78 Å². The molecule has 22 heavy (non-hydrogen) atoms. The second-order valence-corrected chi connectivity index (χ2v) is 5.84. The standard InChI is InChI=1S/C18H16N2O2/c1-22-14-8-6-12(7-9-14)16-11-19-20-18(16)10-13-4-2-3-5-15(13)17(18)21/h2-9,16H,10-11H2,1H3/t16-,18+/m1/s1. The van der Waals surface area contributed by atoms with Gasteiger partial charge < -0.3 is 4.74 Å². The number of methoxy groups -OCH3 is 1. The molecular weight excluding hydrogens is 276 g/mol. The summed E-state index contributed by atoms with van der Waals surface area (Å²) in [7, 11) is 1.65. The monoisotopic (exact) mass is 292 g/mol. The van der Waals surface area contributed by atoms with Crippen LogP contribution in [-0.2, 0) is 6.42 Å². The zero-order chi connectivity index (χ0) is 15.2. The molecule has 0 saturated heterocycles. The predicted molar refractivity (Wildman–Crippen MR) is 82.7 cm³/mol. The Morgan fingerprint density at radius 1 is 1.14 bits per heavy atom. The van der Waals surface area contributed by atoms with E-state index < -0.39 is 5.54 Å². The van der Waals surface area contributed by atoms with Gasteiger partial charge in [0, 0.05) is 17.9 Å². The van der Waals surface area contributed by atoms with Crippen LogP contribution in [0, 0.1) is 0 Å². The van der Waals surface area contributed by atoms with Crippen molar-refractivity contribution in [1.29, 1.82) is 0 Å². The molecule has 2 aliphatic rings. The zero-order valence-corrected chi connectivity index (χ0v) is 12.3. The first-order valence-corrected chi connectivity index (χ1v) is 7.40. The molecular formula is C18H16N2O2. The van der Waals surface area contributed by atoms with Crippen LogP contribution in [0.2, 0.25) is 0 Å². The topological polar surface area (TPSA) is 51.0 Å². The van der Waals surface area contributed by atoms with Gasteiger partial charge in [-0.15, -0.1) is 0 Å². The third-order valence-corrected chi connectivity index (χ3v) is 4.72. The van der Waals surface area contributed by atoms with Crippen LogP contribution in [0.1, 0.15) is 27.4 Å². The highest BCUT2D eigenvalue weighted by atomic mass is 16.5. The van der Waals surface area contributed by atoms with Crippen LogP contribution >= 0.6 is 0 Å². The van der Waals surface area contributed by atoms with Gasteiger partial charge in [0.15, 0.2) is 11.3 Å². The highest BCUT2D eigenvalue weighted by molar-refractivity contribution is 6.08. The van der Waals surface area contributed by atoms with Crippen molar-refractivity contribution in [3.63, 3.8) is 0 Å². The molecule has 0 fully saturated rings. The van der Waals surface area contributed by atoms with Crippen LogP contribution in [0.5, 0.6) is 5.75 Å². The number of hydrogen-bond acceptors (Lipinski definition) is 4. The Hall–Kier alpha value is -2.49. The fraction of sp³-hybridized carbons (Fsp3) is 0.278. The molecule has 0 saturated carbocycles.